The number of carbonyl (C=O) groups excluding carboxylic acids is 1. The van der Waals surface area contributed by atoms with Crippen molar-refractivity contribution in [2.45, 2.75) is 39.7 Å². The number of allylic oxidation sites excluding steroid dienone is 1. The Morgan fingerprint density at radius 2 is 1.33 bits per heavy atom. The molecule has 0 heterocycles. The monoisotopic (exact) mass is 443 g/mol. The molecule has 1 amide bonds. The topological polar surface area (TPSA) is 47.6 Å². The van der Waals surface area contributed by atoms with E-state index in [-0.39, 0.29) is 0 Å². The van der Waals surface area contributed by atoms with Gasteiger partial charge in [-0.05, 0) is 67.2 Å². The minimum atomic E-state index is -0.512. The molecular weight excluding hydrogens is 410 g/mol. The Balaban J connectivity index is 1.76. The maximum Gasteiger partial charge on any atom is 0.407 e. The molecule has 0 aromatic heterocycles. The van der Waals surface area contributed by atoms with Crippen LogP contribution in [-0.4, -0.2) is 24.8 Å². The van der Waals surface area contributed by atoms with E-state index in [0.29, 0.717) is 13.2 Å². The van der Waals surface area contributed by atoms with Gasteiger partial charge in [-0.25, -0.2) is 4.79 Å². The van der Waals surface area contributed by atoms with E-state index in [2.05, 4.69) is 72.9 Å². The second-order valence-electron chi connectivity index (χ2n) is 8.74. The van der Waals surface area contributed by atoms with Crippen molar-refractivity contribution in [2.24, 2.45) is 0 Å². The molecule has 0 radical (unpaired) electrons. The maximum atomic E-state index is 11.7. The van der Waals surface area contributed by atoms with Crippen molar-refractivity contribution < 1.29 is 14.3 Å². The summed E-state index contributed by atoms with van der Waals surface area (Å²) >= 11 is 0. The number of carbonyl (C=O) groups is 1. The standard InChI is InChI=1S/C29H33NO3/c1-5-26(22-12-8-6-9-13-22)27(23-14-10-7-11-15-23)24-16-18-25(19-17-24)32-21-20-30-28(31)33-29(2,3)4/h6-19H,5,20-21H2,1-4H3,(H,30,31)/b27-26-. The van der Waals surface area contributed by atoms with Gasteiger partial charge in [0.2, 0.25) is 0 Å². The molecule has 0 fully saturated rings. The zero-order valence-corrected chi connectivity index (χ0v) is 19.9. The molecule has 0 bridgehead atoms. The van der Waals surface area contributed by atoms with Crippen LogP contribution in [0, 0.1) is 0 Å². The summed E-state index contributed by atoms with van der Waals surface area (Å²) < 4.78 is 11.0. The van der Waals surface area contributed by atoms with Crippen molar-refractivity contribution in [3.8, 4) is 5.75 Å². The lowest BCUT2D eigenvalue weighted by molar-refractivity contribution is 0.0520. The highest BCUT2D eigenvalue weighted by Crippen LogP contribution is 2.34. The van der Waals surface area contributed by atoms with Crippen LogP contribution in [0.5, 0.6) is 5.75 Å². The second-order valence-corrected chi connectivity index (χ2v) is 8.74. The summed E-state index contributed by atoms with van der Waals surface area (Å²) in [5.41, 5.74) is 5.57. The number of benzene rings is 3. The quantitative estimate of drug-likeness (QED) is 0.302. The molecule has 0 spiro atoms. The molecule has 0 unspecified atom stereocenters. The van der Waals surface area contributed by atoms with Gasteiger partial charge in [0, 0.05) is 0 Å². The van der Waals surface area contributed by atoms with Gasteiger partial charge in [0.1, 0.15) is 18.0 Å². The number of hydrogen-bond donors (Lipinski definition) is 1. The average molecular weight is 444 g/mol. The predicted octanol–water partition coefficient (Wildman–Crippen LogP) is 6.96. The van der Waals surface area contributed by atoms with Gasteiger partial charge in [-0.15, -0.1) is 0 Å². The highest BCUT2D eigenvalue weighted by atomic mass is 16.6. The highest BCUT2D eigenvalue weighted by molar-refractivity contribution is 5.98. The van der Waals surface area contributed by atoms with Crippen LogP contribution in [0.1, 0.15) is 50.8 Å². The van der Waals surface area contributed by atoms with Crippen molar-refractivity contribution >= 4 is 17.2 Å². The maximum absolute atomic E-state index is 11.7. The van der Waals surface area contributed by atoms with Gasteiger partial charge >= 0.3 is 6.09 Å². The lowest BCUT2D eigenvalue weighted by Crippen LogP contribution is -2.34. The van der Waals surface area contributed by atoms with Gasteiger partial charge in [-0.1, -0.05) is 79.7 Å². The van der Waals surface area contributed by atoms with Gasteiger partial charge in [-0.3, -0.25) is 0 Å². The molecule has 33 heavy (non-hydrogen) atoms. The minimum Gasteiger partial charge on any atom is -0.492 e. The van der Waals surface area contributed by atoms with Gasteiger partial charge in [-0.2, -0.15) is 0 Å². The molecule has 172 valence electrons. The highest BCUT2D eigenvalue weighted by Gasteiger charge is 2.16. The van der Waals surface area contributed by atoms with Gasteiger partial charge < -0.3 is 14.8 Å². The number of ether oxygens (including phenoxy) is 2. The summed E-state index contributed by atoms with van der Waals surface area (Å²) in [6.07, 6.45) is 0.482. The minimum absolute atomic E-state index is 0.365. The van der Waals surface area contributed by atoms with Gasteiger partial charge in [0.15, 0.2) is 0 Å². The summed E-state index contributed by atoms with van der Waals surface area (Å²) in [5, 5.41) is 2.71. The fourth-order valence-electron chi connectivity index (χ4n) is 3.64. The van der Waals surface area contributed by atoms with E-state index in [1.165, 1.54) is 22.3 Å². The van der Waals surface area contributed by atoms with Crippen LogP contribution in [0.15, 0.2) is 84.9 Å². The summed E-state index contributed by atoms with van der Waals surface area (Å²) in [4.78, 5) is 11.7. The molecule has 0 aliphatic carbocycles. The van der Waals surface area contributed by atoms with Gasteiger partial charge in [0.05, 0.1) is 6.54 Å². The van der Waals surface area contributed by atoms with E-state index < -0.39 is 11.7 Å². The van der Waals surface area contributed by atoms with Crippen LogP contribution in [0.2, 0.25) is 0 Å². The first-order valence-electron chi connectivity index (χ1n) is 11.4. The number of hydrogen-bond acceptors (Lipinski definition) is 3. The molecule has 3 rings (SSSR count). The predicted molar refractivity (Wildman–Crippen MR) is 135 cm³/mol. The second kappa shape index (κ2) is 11.4. The Labute approximate surface area is 197 Å². The SMILES string of the molecule is CC/C(=C(\c1ccccc1)c1ccc(OCCNC(=O)OC(C)(C)C)cc1)c1ccccc1. The number of rotatable bonds is 8. The first-order valence-corrected chi connectivity index (χ1v) is 11.4. The summed E-state index contributed by atoms with van der Waals surface area (Å²) in [7, 11) is 0. The lowest BCUT2D eigenvalue weighted by Gasteiger charge is -2.19. The van der Waals surface area contributed by atoms with E-state index >= 15 is 0 Å². The number of alkyl carbamates (subject to hydrolysis) is 1. The fourth-order valence-corrected chi connectivity index (χ4v) is 3.64. The Hall–Kier alpha value is -3.53. The van der Waals surface area contributed by atoms with Gasteiger partial charge in [0.25, 0.3) is 0 Å². The zero-order valence-electron chi connectivity index (χ0n) is 19.9. The van der Waals surface area contributed by atoms with Crippen molar-refractivity contribution in [2.75, 3.05) is 13.2 Å². The summed E-state index contributed by atoms with van der Waals surface area (Å²) in [6, 6.07) is 29.2. The lowest BCUT2D eigenvalue weighted by atomic mass is 9.88. The van der Waals surface area contributed by atoms with Crippen LogP contribution in [0.4, 0.5) is 4.79 Å². The summed E-state index contributed by atoms with van der Waals surface area (Å²) in [5.74, 6) is 0.759. The molecular formula is C29H33NO3. The Morgan fingerprint density at radius 3 is 1.88 bits per heavy atom. The number of amides is 1. The van der Waals surface area contributed by atoms with E-state index in [1.54, 1.807) is 0 Å². The molecule has 3 aromatic carbocycles. The third kappa shape index (κ3) is 7.25. The smallest absolute Gasteiger partial charge is 0.407 e. The molecule has 0 saturated carbocycles. The first-order chi connectivity index (χ1) is 15.9. The Kier molecular flexibility index (Phi) is 8.31. The third-order valence-electron chi connectivity index (χ3n) is 5.02. The average Bonchev–Trinajstić information content (AvgIpc) is 2.81. The van der Waals surface area contributed by atoms with Crippen LogP contribution in [0.3, 0.4) is 0 Å². The molecule has 0 saturated heterocycles. The van der Waals surface area contributed by atoms with E-state index in [0.717, 1.165) is 17.7 Å². The molecule has 4 nitrogen and oxygen atoms in total. The normalized spacial score (nSPS) is 12.0. The van der Waals surface area contributed by atoms with Crippen LogP contribution in [0.25, 0.3) is 11.1 Å². The van der Waals surface area contributed by atoms with Crippen LogP contribution >= 0.6 is 0 Å². The zero-order chi connectivity index (χ0) is 23.7. The van der Waals surface area contributed by atoms with E-state index in [9.17, 15) is 4.79 Å². The van der Waals surface area contributed by atoms with E-state index in [4.69, 9.17) is 9.47 Å². The largest absolute Gasteiger partial charge is 0.492 e. The van der Waals surface area contributed by atoms with Crippen molar-refractivity contribution in [1.29, 1.82) is 0 Å². The van der Waals surface area contributed by atoms with Crippen molar-refractivity contribution in [1.82, 2.24) is 5.32 Å². The molecule has 4 heteroatoms. The molecule has 0 aliphatic rings. The molecule has 0 aliphatic heterocycles. The Bertz CT molecular complexity index is 1050. The number of nitrogens with one attached hydrogen (secondary N) is 1. The van der Waals surface area contributed by atoms with Crippen molar-refractivity contribution in [3.05, 3.63) is 102 Å². The van der Waals surface area contributed by atoms with E-state index in [1.807, 2.05) is 45.0 Å². The first kappa shape index (κ1) is 24.1. The van der Waals surface area contributed by atoms with Crippen LogP contribution < -0.4 is 10.1 Å². The molecule has 1 N–H and O–H groups in total. The molecule has 3 aromatic rings. The van der Waals surface area contributed by atoms with Crippen LogP contribution in [-0.2, 0) is 4.74 Å². The Morgan fingerprint density at radius 1 is 0.788 bits per heavy atom. The fraction of sp³-hybridized carbons (Fsp3) is 0.276. The molecule has 0 atom stereocenters. The third-order valence-corrected chi connectivity index (χ3v) is 5.02. The van der Waals surface area contributed by atoms with Crippen molar-refractivity contribution in [3.63, 3.8) is 0 Å². The summed E-state index contributed by atoms with van der Waals surface area (Å²) in [6.45, 7) is 8.45.